The second-order valence-electron chi connectivity index (χ2n) is 7.52. The number of primary amides is 1. The minimum absolute atomic E-state index is 0.0216. The molecular formula is C19H27N3O4S. The van der Waals surface area contributed by atoms with Gasteiger partial charge in [0.1, 0.15) is 0 Å². The predicted octanol–water partition coefficient (Wildman–Crippen LogP) is 1.12. The molecule has 27 heavy (non-hydrogen) atoms. The minimum atomic E-state index is -3.53. The van der Waals surface area contributed by atoms with E-state index in [9.17, 15) is 18.0 Å². The molecule has 0 spiro atoms. The quantitative estimate of drug-likeness (QED) is 0.828. The van der Waals surface area contributed by atoms with Crippen LogP contribution in [0.2, 0.25) is 0 Å². The molecule has 1 aromatic carbocycles. The third-order valence-electron chi connectivity index (χ3n) is 5.60. The lowest BCUT2D eigenvalue weighted by molar-refractivity contribution is -0.139. The Morgan fingerprint density at radius 2 is 1.63 bits per heavy atom. The summed E-state index contributed by atoms with van der Waals surface area (Å²) in [6.45, 7) is 3.61. The molecule has 2 saturated heterocycles. The van der Waals surface area contributed by atoms with Gasteiger partial charge in [-0.2, -0.15) is 4.31 Å². The average Bonchev–Trinajstić information content (AvgIpc) is 2.68. The third-order valence-corrected chi connectivity index (χ3v) is 7.51. The lowest BCUT2D eigenvalue weighted by atomic mass is 9.92. The second-order valence-corrected chi connectivity index (χ2v) is 9.46. The Bertz CT molecular complexity index is 799. The highest BCUT2D eigenvalue weighted by Gasteiger charge is 2.35. The first kappa shape index (κ1) is 19.8. The van der Waals surface area contributed by atoms with Crippen LogP contribution in [0.4, 0.5) is 0 Å². The molecule has 0 aromatic heterocycles. The molecule has 0 aliphatic carbocycles. The smallest absolute Gasteiger partial charge is 0.243 e. The summed E-state index contributed by atoms with van der Waals surface area (Å²) in [5, 5.41) is 0. The van der Waals surface area contributed by atoms with Gasteiger partial charge in [0.05, 0.1) is 10.8 Å². The van der Waals surface area contributed by atoms with Crippen LogP contribution in [0.3, 0.4) is 0 Å². The van der Waals surface area contributed by atoms with Gasteiger partial charge in [0.2, 0.25) is 21.8 Å². The van der Waals surface area contributed by atoms with Crippen LogP contribution >= 0.6 is 0 Å². The molecule has 2 fully saturated rings. The Morgan fingerprint density at radius 1 is 1.00 bits per heavy atom. The van der Waals surface area contributed by atoms with Crippen molar-refractivity contribution in [2.45, 2.75) is 37.5 Å². The highest BCUT2D eigenvalue weighted by atomic mass is 32.2. The normalized spacial score (nSPS) is 22.6. The first-order valence-electron chi connectivity index (χ1n) is 9.44. The van der Waals surface area contributed by atoms with Gasteiger partial charge in [-0.15, -0.1) is 0 Å². The van der Waals surface area contributed by atoms with Crippen LogP contribution in [0.25, 0.3) is 0 Å². The largest absolute Gasteiger partial charge is 0.369 e. The van der Waals surface area contributed by atoms with Crippen molar-refractivity contribution in [2.75, 3.05) is 26.2 Å². The Hall–Kier alpha value is -1.93. The molecule has 2 aliphatic rings. The van der Waals surface area contributed by atoms with Crippen molar-refractivity contribution in [3.05, 3.63) is 29.8 Å². The van der Waals surface area contributed by atoms with Gasteiger partial charge >= 0.3 is 0 Å². The van der Waals surface area contributed by atoms with Gasteiger partial charge < -0.3 is 10.6 Å². The minimum Gasteiger partial charge on any atom is -0.369 e. The number of rotatable bonds is 4. The van der Waals surface area contributed by atoms with Crippen LogP contribution in [0.5, 0.6) is 0 Å². The van der Waals surface area contributed by atoms with Crippen LogP contribution < -0.4 is 5.73 Å². The summed E-state index contributed by atoms with van der Waals surface area (Å²) >= 11 is 0. The van der Waals surface area contributed by atoms with Crippen LogP contribution in [0, 0.1) is 18.8 Å². The van der Waals surface area contributed by atoms with Crippen molar-refractivity contribution in [2.24, 2.45) is 17.6 Å². The van der Waals surface area contributed by atoms with Gasteiger partial charge in [-0.25, -0.2) is 8.42 Å². The Balaban J connectivity index is 1.60. The molecule has 3 rings (SSSR count). The number of nitrogens with two attached hydrogens (primary N) is 1. The fourth-order valence-electron chi connectivity index (χ4n) is 3.87. The first-order chi connectivity index (χ1) is 12.8. The molecule has 1 aromatic rings. The topological polar surface area (TPSA) is 101 Å². The number of nitrogens with zero attached hydrogens (tertiary/aromatic N) is 2. The number of hydrogen-bond donors (Lipinski definition) is 1. The lowest BCUT2D eigenvalue weighted by Gasteiger charge is -2.36. The van der Waals surface area contributed by atoms with Gasteiger partial charge in [0.15, 0.2) is 0 Å². The number of likely N-dealkylation sites (tertiary alicyclic amines) is 1. The maximum absolute atomic E-state index is 12.8. The summed E-state index contributed by atoms with van der Waals surface area (Å²) in [6, 6.07) is 6.82. The van der Waals surface area contributed by atoms with E-state index in [4.69, 9.17) is 5.73 Å². The summed E-state index contributed by atoms with van der Waals surface area (Å²) in [6.07, 6.45) is 2.51. The molecule has 2 amide bonds. The Labute approximate surface area is 160 Å². The summed E-state index contributed by atoms with van der Waals surface area (Å²) in [4.78, 5) is 26.2. The molecule has 8 heteroatoms. The fraction of sp³-hybridized carbons (Fsp3) is 0.579. The highest BCUT2D eigenvalue weighted by molar-refractivity contribution is 7.89. The van der Waals surface area contributed by atoms with Crippen molar-refractivity contribution >= 4 is 21.8 Å². The monoisotopic (exact) mass is 393 g/mol. The number of hydrogen-bond acceptors (Lipinski definition) is 4. The number of carbonyl (C=O) groups is 2. The standard InChI is InChI=1S/C19H27N3O4S/c1-14-4-6-17(7-5-14)27(25,26)22-11-8-15(9-12-22)19(24)21-10-2-3-16(13-21)18(20)23/h4-7,15-16H,2-3,8-13H2,1H3,(H2,20,23)/t16-/m1/s1. The zero-order valence-electron chi connectivity index (χ0n) is 15.6. The molecule has 0 radical (unpaired) electrons. The van der Waals surface area contributed by atoms with E-state index in [-0.39, 0.29) is 23.7 Å². The zero-order chi connectivity index (χ0) is 19.6. The molecule has 7 nitrogen and oxygen atoms in total. The van der Waals surface area contributed by atoms with E-state index in [1.807, 2.05) is 6.92 Å². The molecule has 2 aliphatic heterocycles. The number of benzene rings is 1. The summed E-state index contributed by atoms with van der Waals surface area (Å²) in [5.41, 5.74) is 6.40. The van der Waals surface area contributed by atoms with Gasteiger partial charge in [0, 0.05) is 32.1 Å². The van der Waals surface area contributed by atoms with Crippen LogP contribution in [0.15, 0.2) is 29.2 Å². The predicted molar refractivity (Wildman–Crippen MR) is 101 cm³/mol. The molecule has 0 saturated carbocycles. The van der Waals surface area contributed by atoms with E-state index in [2.05, 4.69) is 0 Å². The fourth-order valence-corrected chi connectivity index (χ4v) is 5.34. The van der Waals surface area contributed by atoms with Gasteiger partial charge in [-0.05, 0) is 44.7 Å². The summed E-state index contributed by atoms with van der Waals surface area (Å²) in [5.74, 6) is -0.800. The molecule has 148 valence electrons. The molecule has 0 bridgehead atoms. The van der Waals surface area contributed by atoms with Crippen LogP contribution in [-0.2, 0) is 19.6 Å². The SMILES string of the molecule is Cc1ccc(S(=O)(=O)N2CCC(C(=O)N3CCC[C@@H](C(N)=O)C3)CC2)cc1. The number of carbonyl (C=O) groups excluding carboxylic acids is 2. The Kier molecular flexibility index (Phi) is 5.86. The highest BCUT2D eigenvalue weighted by Crippen LogP contribution is 2.27. The van der Waals surface area contributed by atoms with E-state index in [0.717, 1.165) is 18.4 Å². The molecular weight excluding hydrogens is 366 g/mol. The van der Waals surface area contributed by atoms with E-state index in [0.29, 0.717) is 43.9 Å². The van der Waals surface area contributed by atoms with E-state index in [1.54, 1.807) is 29.2 Å². The lowest BCUT2D eigenvalue weighted by Crippen LogP contribution is -2.48. The summed E-state index contributed by atoms with van der Waals surface area (Å²) < 4.78 is 27.0. The molecule has 1 atom stereocenters. The maximum Gasteiger partial charge on any atom is 0.243 e. The van der Waals surface area contributed by atoms with Gasteiger partial charge in [-0.1, -0.05) is 17.7 Å². The number of piperidine rings is 2. The van der Waals surface area contributed by atoms with E-state index in [1.165, 1.54) is 4.31 Å². The number of amides is 2. The van der Waals surface area contributed by atoms with Crippen molar-refractivity contribution in [3.8, 4) is 0 Å². The van der Waals surface area contributed by atoms with Gasteiger partial charge in [-0.3, -0.25) is 9.59 Å². The van der Waals surface area contributed by atoms with Crippen LogP contribution in [-0.4, -0.2) is 55.6 Å². The van der Waals surface area contributed by atoms with Crippen LogP contribution in [0.1, 0.15) is 31.2 Å². The molecule has 2 heterocycles. The second kappa shape index (κ2) is 7.98. The third kappa shape index (κ3) is 4.32. The van der Waals surface area contributed by atoms with Crippen molar-refractivity contribution in [1.82, 2.24) is 9.21 Å². The van der Waals surface area contributed by atoms with Crippen molar-refractivity contribution < 1.29 is 18.0 Å². The Morgan fingerprint density at radius 3 is 2.22 bits per heavy atom. The van der Waals surface area contributed by atoms with Crippen molar-refractivity contribution in [3.63, 3.8) is 0 Å². The van der Waals surface area contributed by atoms with E-state index >= 15 is 0 Å². The molecule has 2 N–H and O–H groups in total. The summed E-state index contributed by atoms with van der Waals surface area (Å²) in [7, 11) is -3.53. The zero-order valence-corrected chi connectivity index (χ0v) is 16.5. The number of sulfonamides is 1. The van der Waals surface area contributed by atoms with Crippen molar-refractivity contribution in [1.29, 1.82) is 0 Å². The maximum atomic E-state index is 12.8. The first-order valence-corrected chi connectivity index (χ1v) is 10.9. The molecule has 0 unspecified atom stereocenters. The van der Waals surface area contributed by atoms with E-state index < -0.39 is 10.0 Å². The van der Waals surface area contributed by atoms with Gasteiger partial charge in [0.25, 0.3) is 0 Å². The average molecular weight is 394 g/mol. The number of aryl methyl sites for hydroxylation is 1.